The van der Waals surface area contributed by atoms with Gasteiger partial charge in [0.1, 0.15) is 6.61 Å². The van der Waals surface area contributed by atoms with E-state index in [1.807, 2.05) is 41.8 Å². The number of nitrogens with zero attached hydrogens (tertiary/aromatic N) is 4. The van der Waals surface area contributed by atoms with E-state index in [1.165, 1.54) is 11.3 Å². The highest BCUT2D eigenvalue weighted by atomic mass is 79.9. The number of anilines is 2. The number of ether oxygens (including phenoxy) is 1. The summed E-state index contributed by atoms with van der Waals surface area (Å²) < 4.78 is 12.2. The van der Waals surface area contributed by atoms with E-state index in [2.05, 4.69) is 41.4 Å². The predicted molar refractivity (Wildman–Crippen MR) is 110 cm³/mol. The van der Waals surface area contributed by atoms with Crippen LogP contribution in [0.15, 0.2) is 56.9 Å². The van der Waals surface area contributed by atoms with Crippen molar-refractivity contribution in [2.45, 2.75) is 20.0 Å². The highest BCUT2D eigenvalue weighted by molar-refractivity contribution is 9.10. The lowest BCUT2D eigenvalue weighted by atomic mass is 10.2. The molecule has 0 amide bonds. The summed E-state index contributed by atoms with van der Waals surface area (Å²) in [7, 11) is 0. The lowest BCUT2D eigenvalue weighted by Crippen LogP contribution is -2.01. The van der Waals surface area contributed by atoms with Crippen molar-refractivity contribution in [1.29, 1.82) is 0 Å². The van der Waals surface area contributed by atoms with Gasteiger partial charge < -0.3 is 14.5 Å². The molecule has 4 aromatic rings. The molecule has 142 valence electrons. The van der Waals surface area contributed by atoms with Crippen LogP contribution in [0.1, 0.15) is 23.0 Å². The first-order valence-corrected chi connectivity index (χ1v) is 10.2. The maximum Gasteiger partial charge on any atom is 0.222 e. The van der Waals surface area contributed by atoms with Gasteiger partial charge in [-0.25, -0.2) is 9.97 Å². The Hall–Kier alpha value is -2.78. The van der Waals surface area contributed by atoms with Crippen molar-refractivity contribution >= 4 is 38.2 Å². The van der Waals surface area contributed by atoms with E-state index in [0.29, 0.717) is 41.5 Å². The summed E-state index contributed by atoms with van der Waals surface area (Å²) >= 11 is 4.92. The Morgan fingerprint density at radius 2 is 2.07 bits per heavy atom. The summed E-state index contributed by atoms with van der Waals surface area (Å²) in [6.07, 6.45) is 2.21. The van der Waals surface area contributed by atoms with Gasteiger partial charge in [0.2, 0.25) is 11.8 Å². The molecular weight excluding hydrogens is 442 g/mol. The predicted octanol–water partition coefficient (Wildman–Crippen LogP) is 4.91. The Kier molecular flexibility index (Phi) is 5.63. The van der Waals surface area contributed by atoms with Crippen molar-refractivity contribution in [2.75, 3.05) is 5.32 Å². The highest BCUT2D eigenvalue weighted by Gasteiger charge is 2.12. The molecule has 0 saturated carbocycles. The molecule has 7 nitrogen and oxygen atoms in total. The number of rotatable bonds is 7. The van der Waals surface area contributed by atoms with E-state index in [4.69, 9.17) is 9.15 Å². The Bertz CT molecular complexity index is 1070. The average molecular weight is 458 g/mol. The molecule has 9 heteroatoms. The Morgan fingerprint density at radius 3 is 2.86 bits per heavy atom. The minimum Gasteiger partial charge on any atom is -0.485 e. The zero-order valence-corrected chi connectivity index (χ0v) is 17.3. The van der Waals surface area contributed by atoms with Gasteiger partial charge in [-0.3, -0.25) is 0 Å². The molecule has 0 fully saturated rings. The second-order valence-corrected chi connectivity index (χ2v) is 7.71. The largest absolute Gasteiger partial charge is 0.485 e. The van der Waals surface area contributed by atoms with E-state index in [1.54, 1.807) is 13.1 Å². The van der Waals surface area contributed by atoms with Crippen LogP contribution in [0.2, 0.25) is 0 Å². The minimum atomic E-state index is 0.452. The van der Waals surface area contributed by atoms with Crippen molar-refractivity contribution in [3.8, 4) is 5.75 Å². The zero-order chi connectivity index (χ0) is 19.3. The summed E-state index contributed by atoms with van der Waals surface area (Å²) in [4.78, 5) is 8.99. The summed E-state index contributed by atoms with van der Waals surface area (Å²) in [6, 6.07) is 11.9. The molecule has 4 rings (SSSR count). The van der Waals surface area contributed by atoms with Gasteiger partial charge in [0.15, 0.2) is 16.7 Å². The monoisotopic (exact) mass is 457 g/mol. The second kappa shape index (κ2) is 8.49. The van der Waals surface area contributed by atoms with Gasteiger partial charge in [-0.05, 0) is 27.6 Å². The third-order valence-electron chi connectivity index (χ3n) is 3.73. The molecule has 0 aliphatic rings. The van der Waals surface area contributed by atoms with Gasteiger partial charge in [-0.2, -0.15) is 0 Å². The maximum absolute atomic E-state index is 5.97. The van der Waals surface area contributed by atoms with Crippen molar-refractivity contribution in [3.05, 3.63) is 75.5 Å². The Labute approximate surface area is 174 Å². The molecule has 0 aliphatic heterocycles. The van der Waals surface area contributed by atoms with Gasteiger partial charge in [0, 0.05) is 23.0 Å². The highest BCUT2D eigenvalue weighted by Crippen LogP contribution is 2.30. The standard InChI is InChI=1S/C19H16BrN5O2S/c1-12-24-25-17(27-12)8-15-11-28-19(22-15)23-18-16(7-14(20)9-21-18)26-10-13-5-3-2-4-6-13/h2-7,9,11H,8,10H2,1H3,(H,21,22,23). The lowest BCUT2D eigenvalue weighted by molar-refractivity contribution is 0.306. The van der Waals surface area contributed by atoms with Crippen LogP contribution in [0.5, 0.6) is 5.75 Å². The van der Waals surface area contributed by atoms with Crippen LogP contribution >= 0.6 is 27.3 Å². The maximum atomic E-state index is 5.97. The number of benzene rings is 1. The molecule has 0 saturated heterocycles. The zero-order valence-electron chi connectivity index (χ0n) is 14.9. The first kappa shape index (κ1) is 18.6. The summed E-state index contributed by atoms with van der Waals surface area (Å²) in [6.45, 7) is 2.22. The fourth-order valence-electron chi connectivity index (χ4n) is 2.47. The van der Waals surface area contributed by atoms with E-state index >= 15 is 0 Å². The fourth-order valence-corrected chi connectivity index (χ4v) is 3.49. The van der Waals surface area contributed by atoms with Crippen molar-refractivity contribution < 1.29 is 9.15 Å². The lowest BCUT2D eigenvalue weighted by Gasteiger charge is -2.11. The fraction of sp³-hybridized carbons (Fsp3) is 0.158. The number of aryl methyl sites for hydroxylation is 1. The molecule has 1 aromatic carbocycles. The molecule has 28 heavy (non-hydrogen) atoms. The number of pyridine rings is 1. The molecule has 3 aromatic heterocycles. The third kappa shape index (κ3) is 4.73. The summed E-state index contributed by atoms with van der Waals surface area (Å²) in [5, 5.41) is 13.7. The van der Waals surface area contributed by atoms with E-state index < -0.39 is 0 Å². The number of hydrogen-bond donors (Lipinski definition) is 1. The number of nitrogens with one attached hydrogen (secondary N) is 1. The SMILES string of the molecule is Cc1nnc(Cc2csc(Nc3ncc(Br)cc3OCc3ccccc3)n2)o1. The number of halogens is 1. The van der Waals surface area contributed by atoms with Gasteiger partial charge in [-0.15, -0.1) is 21.5 Å². The number of hydrogen-bond acceptors (Lipinski definition) is 8. The van der Waals surface area contributed by atoms with Crippen molar-refractivity contribution in [2.24, 2.45) is 0 Å². The molecule has 0 radical (unpaired) electrons. The molecule has 0 unspecified atom stereocenters. The summed E-state index contributed by atoms with van der Waals surface area (Å²) in [5.74, 6) is 2.34. The molecule has 0 atom stereocenters. The Balaban J connectivity index is 1.47. The quantitative estimate of drug-likeness (QED) is 0.421. The molecule has 0 spiro atoms. The first-order chi connectivity index (χ1) is 13.7. The van der Waals surface area contributed by atoms with Crippen LogP contribution in [-0.4, -0.2) is 20.2 Å². The van der Waals surface area contributed by atoms with Gasteiger partial charge in [0.25, 0.3) is 0 Å². The number of thiazole rings is 1. The topological polar surface area (TPSA) is 86.0 Å². The number of aromatic nitrogens is 4. The molecule has 1 N–H and O–H groups in total. The first-order valence-electron chi connectivity index (χ1n) is 8.48. The van der Waals surface area contributed by atoms with Crippen LogP contribution in [0.4, 0.5) is 10.9 Å². The molecule has 0 bridgehead atoms. The molecule has 3 heterocycles. The molecular formula is C19H16BrN5O2S. The van der Waals surface area contributed by atoms with Gasteiger partial charge in [-0.1, -0.05) is 30.3 Å². The average Bonchev–Trinajstić information content (AvgIpc) is 3.31. The van der Waals surface area contributed by atoms with Crippen LogP contribution in [0.25, 0.3) is 0 Å². The van der Waals surface area contributed by atoms with Gasteiger partial charge >= 0.3 is 0 Å². The van der Waals surface area contributed by atoms with Crippen LogP contribution in [0, 0.1) is 6.92 Å². The second-order valence-electron chi connectivity index (χ2n) is 5.94. The Morgan fingerprint density at radius 1 is 1.21 bits per heavy atom. The van der Waals surface area contributed by atoms with E-state index in [9.17, 15) is 0 Å². The van der Waals surface area contributed by atoms with Crippen molar-refractivity contribution in [1.82, 2.24) is 20.2 Å². The van der Waals surface area contributed by atoms with Crippen LogP contribution in [-0.2, 0) is 13.0 Å². The third-order valence-corrected chi connectivity index (χ3v) is 4.97. The van der Waals surface area contributed by atoms with E-state index in [0.717, 1.165) is 15.7 Å². The van der Waals surface area contributed by atoms with Crippen molar-refractivity contribution in [3.63, 3.8) is 0 Å². The molecule has 0 aliphatic carbocycles. The minimum absolute atomic E-state index is 0.452. The smallest absolute Gasteiger partial charge is 0.222 e. The van der Waals surface area contributed by atoms with E-state index in [-0.39, 0.29) is 0 Å². The van der Waals surface area contributed by atoms with Crippen LogP contribution in [0.3, 0.4) is 0 Å². The normalized spacial score (nSPS) is 10.8. The van der Waals surface area contributed by atoms with Gasteiger partial charge in [0.05, 0.1) is 12.1 Å². The summed E-state index contributed by atoms with van der Waals surface area (Å²) in [5.41, 5.74) is 1.93. The van der Waals surface area contributed by atoms with Crippen LogP contribution < -0.4 is 10.1 Å².